The van der Waals surface area contributed by atoms with Gasteiger partial charge < -0.3 is 5.32 Å². The van der Waals surface area contributed by atoms with Crippen molar-refractivity contribution in [1.29, 1.82) is 0 Å². The Morgan fingerprint density at radius 1 is 1.29 bits per heavy atom. The van der Waals surface area contributed by atoms with Crippen LogP contribution in [0.25, 0.3) is 0 Å². The average molecular weight is 196 g/mol. The molecule has 0 rings (SSSR count). The van der Waals surface area contributed by atoms with Crippen LogP contribution < -0.4 is 5.32 Å². The number of nitrogens with zero attached hydrogens (tertiary/aromatic N) is 1. The number of hydrogen-bond donors (Lipinski definition) is 1. The van der Waals surface area contributed by atoms with E-state index in [1.165, 1.54) is 12.8 Å². The topological polar surface area (TPSA) is 15.3 Å². The van der Waals surface area contributed by atoms with E-state index in [1.807, 2.05) is 0 Å². The highest BCUT2D eigenvalue weighted by Crippen LogP contribution is 1.99. The Hall–Kier alpha value is -0.520. The van der Waals surface area contributed by atoms with Crippen molar-refractivity contribution in [2.24, 2.45) is 0 Å². The molecule has 0 radical (unpaired) electrons. The molecule has 0 aromatic carbocycles. The van der Waals surface area contributed by atoms with E-state index in [1.54, 1.807) is 0 Å². The zero-order valence-electron chi connectivity index (χ0n) is 10.1. The van der Waals surface area contributed by atoms with Crippen molar-refractivity contribution in [2.45, 2.75) is 39.2 Å². The van der Waals surface area contributed by atoms with Crippen molar-refractivity contribution in [3.63, 3.8) is 0 Å². The maximum atomic E-state index is 5.21. The normalized spacial score (nSPS) is 11.7. The van der Waals surface area contributed by atoms with Crippen LogP contribution >= 0.6 is 0 Å². The van der Waals surface area contributed by atoms with E-state index in [0.717, 1.165) is 19.6 Å². The largest absolute Gasteiger partial charge is 0.312 e. The molecule has 0 amide bonds. The van der Waals surface area contributed by atoms with Gasteiger partial charge in [0.15, 0.2) is 0 Å². The summed E-state index contributed by atoms with van der Waals surface area (Å²) < 4.78 is 0. The predicted molar refractivity (Wildman–Crippen MR) is 63.3 cm³/mol. The molecule has 0 bridgehead atoms. The summed E-state index contributed by atoms with van der Waals surface area (Å²) >= 11 is 0. The van der Waals surface area contributed by atoms with Gasteiger partial charge in [-0.2, -0.15) is 0 Å². The fourth-order valence-corrected chi connectivity index (χ4v) is 1.21. The zero-order chi connectivity index (χ0) is 11.0. The van der Waals surface area contributed by atoms with Crippen LogP contribution in [0.2, 0.25) is 0 Å². The van der Waals surface area contributed by atoms with Gasteiger partial charge in [0.25, 0.3) is 0 Å². The molecule has 0 spiro atoms. The Morgan fingerprint density at radius 3 is 2.43 bits per heavy atom. The first-order valence-electron chi connectivity index (χ1n) is 5.33. The summed E-state index contributed by atoms with van der Waals surface area (Å²) in [6.07, 6.45) is 7.64. The minimum absolute atomic E-state index is 0.241. The van der Waals surface area contributed by atoms with E-state index in [-0.39, 0.29) is 5.54 Å². The summed E-state index contributed by atoms with van der Waals surface area (Å²) in [7, 11) is 2.07. The summed E-state index contributed by atoms with van der Waals surface area (Å²) in [6, 6.07) is 0. The molecule has 0 aromatic rings. The van der Waals surface area contributed by atoms with Gasteiger partial charge in [0.1, 0.15) is 0 Å². The van der Waals surface area contributed by atoms with Crippen LogP contribution in [0.1, 0.15) is 33.6 Å². The van der Waals surface area contributed by atoms with E-state index in [9.17, 15) is 0 Å². The van der Waals surface area contributed by atoms with Gasteiger partial charge in [-0.3, -0.25) is 4.90 Å². The highest BCUT2D eigenvalue weighted by atomic mass is 15.1. The second kappa shape index (κ2) is 6.86. The van der Waals surface area contributed by atoms with Crippen molar-refractivity contribution in [1.82, 2.24) is 10.2 Å². The summed E-state index contributed by atoms with van der Waals surface area (Å²) in [6.45, 7) is 9.52. The highest BCUT2D eigenvalue weighted by molar-refractivity contribution is 4.87. The quantitative estimate of drug-likeness (QED) is 0.514. The monoisotopic (exact) mass is 196 g/mol. The molecule has 0 aliphatic carbocycles. The molecule has 0 aliphatic rings. The molecule has 0 atom stereocenters. The van der Waals surface area contributed by atoms with Crippen molar-refractivity contribution in [2.75, 3.05) is 26.7 Å². The molecule has 2 nitrogen and oxygen atoms in total. The fraction of sp³-hybridized carbons (Fsp3) is 0.833. The number of hydrogen-bond acceptors (Lipinski definition) is 2. The molecule has 14 heavy (non-hydrogen) atoms. The molecule has 0 unspecified atom stereocenters. The second-order valence-corrected chi connectivity index (χ2v) is 4.83. The van der Waals surface area contributed by atoms with Crippen molar-refractivity contribution in [3.05, 3.63) is 0 Å². The molecule has 0 saturated heterocycles. The molecule has 0 saturated carbocycles. The van der Waals surface area contributed by atoms with Crippen LogP contribution in [-0.2, 0) is 0 Å². The smallest absolute Gasteiger partial charge is 0.0596 e. The molecular formula is C12H24N2. The van der Waals surface area contributed by atoms with Gasteiger partial charge in [-0.25, -0.2) is 0 Å². The van der Waals surface area contributed by atoms with Gasteiger partial charge in [0.05, 0.1) is 6.54 Å². The Morgan fingerprint density at radius 2 is 1.93 bits per heavy atom. The minimum Gasteiger partial charge on any atom is -0.312 e. The first-order valence-corrected chi connectivity index (χ1v) is 5.33. The summed E-state index contributed by atoms with van der Waals surface area (Å²) in [5.41, 5.74) is 0.241. The molecule has 82 valence electrons. The third-order valence-electron chi connectivity index (χ3n) is 1.98. The number of rotatable bonds is 6. The van der Waals surface area contributed by atoms with E-state index < -0.39 is 0 Å². The maximum absolute atomic E-state index is 5.21. The first kappa shape index (κ1) is 13.5. The van der Waals surface area contributed by atoms with Gasteiger partial charge in [-0.1, -0.05) is 5.92 Å². The molecule has 0 fully saturated rings. The zero-order valence-corrected chi connectivity index (χ0v) is 10.1. The average Bonchev–Trinajstić information content (AvgIpc) is 2.02. The molecule has 0 aromatic heterocycles. The molecular weight excluding hydrogens is 172 g/mol. The third-order valence-corrected chi connectivity index (χ3v) is 1.98. The van der Waals surface area contributed by atoms with Crippen molar-refractivity contribution >= 4 is 0 Å². The van der Waals surface area contributed by atoms with Crippen LogP contribution in [0.4, 0.5) is 0 Å². The van der Waals surface area contributed by atoms with Crippen LogP contribution in [0.5, 0.6) is 0 Å². The Labute approximate surface area is 89.1 Å². The van der Waals surface area contributed by atoms with Crippen molar-refractivity contribution in [3.8, 4) is 12.3 Å². The van der Waals surface area contributed by atoms with E-state index in [4.69, 9.17) is 6.42 Å². The van der Waals surface area contributed by atoms with Crippen LogP contribution in [0.3, 0.4) is 0 Å². The van der Waals surface area contributed by atoms with E-state index >= 15 is 0 Å². The lowest BCUT2D eigenvalue weighted by Crippen LogP contribution is -2.36. The minimum atomic E-state index is 0.241. The summed E-state index contributed by atoms with van der Waals surface area (Å²) in [4.78, 5) is 2.18. The number of unbranched alkanes of at least 4 members (excludes halogenated alkanes) is 1. The maximum Gasteiger partial charge on any atom is 0.0596 e. The Balaban J connectivity index is 3.27. The molecule has 0 heterocycles. The number of terminal acetylenes is 1. The van der Waals surface area contributed by atoms with Crippen LogP contribution in [0, 0.1) is 12.3 Å². The second-order valence-electron chi connectivity index (χ2n) is 4.83. The molecule has 2 heteroatoms. The lowest BCUT2D eigenvalue weighted by atomic mass is 10.1. The van der Waals surface area contributed by atoms with Gasteiger partial charge >= 0.3 is 0 Å². The van der Waals surface area contributed by atoms with Crippen LogP contribution in [0.15, 0.2) is 0 Å². The Bertz CT molecular complexity index is 174. The van der Waals surface area contributed by atoms with Gasteiger partial charge in [0, 0.05) is 5.54 Å². The lowest BCUT2D eigenvalue weighted by Gasteiger charge is -2.20. The predicted octanol–water partition coefficient (Wildman–Crippen LogP) is 1.72. The Kier molecular flexibility index (Phi) is 6.61. The van der Waals surface area contributed by atoms with E-state index in [0.29, 0.717) is 0 Å². The van der Waals surface area contributed by atoms with E-state index in [2.05, 4.69) is 44.0 Å². The molecule has 1 N–H and O–H groups in total. The first-order chi connectivity index (χ1) is 6.45. The SMILES string of the molecule is C#CCN(C)CCCCNC(C)(C)C. The van der Waals surface area contributed by atoms with Crippen molar-refractivity contribution < 1.29 is 0 Å². The van der Waals surface area contributed by atoms with Gasteiger partial charge in [0.2, 0.25) is 0 Å². The highest BCUT2D eigenvalue weighted by Gasteiger charge is 2.06. The standard InChI is InChI=1S/C12H24N2/c1-6-10-14(5)11-8-7-9-13-12(2,3)4/h1,13H,7-11H2,2-5H3. The summed E-state index contributed by atoms with van der Waals surface area (Å²) in [5.74, 6) is 2.64. The fourth-order valence-electron chi connectivity index (χ4n) is 1.21. The third kappa shape index (κ3) is 9.57. The lowest BCUT2D eigenvalue weighted by molar-refractivity contribution is 0.353. The van der Waals surface area contributed by atoms with Gasteiger partial charge in [-0.05, 0) is 53.8 Å². The summed E-state index contributed by atoms with van der Waals surface area (Å²) in [5, 5.41) is 3.47. The van der Waals surface area contributed by atoms with Gasteiger partial charge in [-0.15, -0.1) is 6.42 Å². The van der Waals surface area contributed by atoms with Crippen LogP contribution in [-0.4, -0.2) is 37.1 Å². The molecule has 0 aliphatic heterocycles. The number of nitrogens with one attached hydrogen (secondary N) is 1.